The first-order valence-electron chi connectivity index (χ1n) is 8.63. The summed E-state index contributed by atoms with van der Waals surface area (Å²) in [5.74, 6) is 2.11. The molecule has 7 nitrogen and oxygen atoms in total. The maximum atomic E-state index is 13.2. The largest absolute Gasteiger partial charge is 0.444 e. The third kappa shape index (κ3) is 4.12. The summed E-state index contributed by atoms with van der Waals surface area (Å²) in [5.41, 5.74) is 1.74. The monoisotopic (exact) mass is 376 g/mol. The molecule has 3 heterocycles. The average molecular weight is 376 g/mol. The topological polar surface area (TPSA) is 88.8 Å². The molecule has 1 atom stereocenters. The smallest absolute Gasteiger partial charge is 0.181 e. The van der Waals surface area contributed by atoms with E-state index in [-0.39, 0.29) is 11.9 Å². The molecule has 0 spiro atoms. The Bertz CT molecular complexity index is 1040. The minimum absolute atomic E-state index is 0.0811. The van der Waals surface area contributed by atoms with E-state index in [2.05, 4.69) is 30.6 Å². The fourth-order valence-electron chi connectivity index (χ4n) is 2.72. The molecule has 0 bridgehead atoms. The number of nitrogens with one attached hydrogen (secondary N) is 2. The highest BCUT2D eigenvalue weighted by molar-refractivity contribution is 5.68. The zero-order chi connectivity index (χ0) is 19.3. The highest BCUT2D eigenvalue weighted by atomic mass is 19.1. The van der Waals surface area contributed by atoms with E-state index in [0.717, 1.165) is 11.1 Å². The summed E-state index contributed by atoms with van der Waals surface area (Å²) in [6.07, 6.45) is 7.81. The standard InChI is InChI=1S/C20H17FN6O/c1-13(14-2-4-16(21)5-3-14)25-18-8-15(17-10-23-12-28-17)9-19(26-18)27-20-11-22-6-7-24-20/h2-13H,1H3,(H2,24,25,26,27)/t13-/m0/s1. The predicted molar refractivity (Wildman–Crippen MR) is 103 cm³/mol. The number of nitrogens with zero attached hydrogens (tertiary/aromatic N) is 4. The van der Waals surface area contributed by atoms with Crippen LogP contribution in [0.25, 0.3) is 11.3 Å². The van der Waals surface area contributed by atoms with Gasteiger partial charge in [-0.15, -0.1) is 0 Å². The first kappa shape index (κ1) is 17.6. The van der Waals surface area contributed by atoms with Gasteiger partial charge in [0.1, 0.15) is 23.3 Å². The van der Waals surface area contributed by atoms with Gasteiger partial charge in [-0.05, 0) is 36.8 Å². The lowest BCUT2D eigenvalue weighted by atomic mass is 10.1. The fraction of sp³-hybridized carbons (Fsp3) is 0.100. The molecule has 0 fully saturated rings. The summed E-state index contributed by atoms with van der Waals surface area (Å²) in [7, 11) is 0. The molecule has 3 aromatic heterocycles. The zero-order valence-electron chi connectivity index (χ0n) is 15.0. The third-order valence-corrected chi connectivity index (χ3v) is 4.10. The molecule has 0 aliphatic carbocycles. The molecule has 0 radical (unpaired) electrons. The lowest BCUT2D eigenvalue weighted by molar-refractivity contribution is 0.572. The molecule has 4 aromatic rings. The van der Waals surface area contributed by atoms with Crippen LogP contribution in [-0.2, 0) is 0 Å². The number of anilines is 3. The SMILES string of the molecule is C[C@H](Nc1cc(-c2cnco2)cc(Nc2cnccn2)n1)c1ccc(F)cc1. The van der Waals surface area contributed by atoms with Gasteiger partial charge in [0.05, 0.1) is 12.4 Å². The predicted octanol–water partition coefficient (Wildman–Crippen LogP) is 4.58. The van der Waals surface area contributed by atoms with Gasteiger partial charge in [-0.1, -0.05) is 12.1 Å². The van der Waals surface area contributed by atoms with Crippen molar-refractivity contribution in [3.05, 3.63) is 79.0 Å². The molecule has 0 saturated carbocycles. The van der Waals surface area contributed by atoms with E-state index in [9.17, 15) is 4.39 Å². The molecule has 140 valence electrons. The Hall–Kier alpha value is -3.81. The van der Waals surface area contributed by atoms with E-state index in [1.165, 1.54) is 18.5 Å². The van der Waals surface area contributed by atoms with Crippen LogP contribution in [-0.4, -0.2) is 19.9 Å². The molecular formula is C20H17FN6O. The number of hydrogen-bond acceptors (Lipinski definition) is 7. The summed E-state index contributed by atoms with van der Waals surface area (Å²) in [5, 5.41) is 6.47. The van der Waals surface area contributed by atoms with Crippen molar-refractivity contribution in [2.45, 2.75) is 13.0 Å². The van der Waals surface area contributed by atoms with Crippen LogP contribution in [0.1, 0.15) is 18.5 Å². The molecular weight excluding hydrogens is 359 g/mol. The summed E-state index contributed by atoms with van der Waals surface area (Å²) < 4.78 is 18.6. The normalized spacial score (nSPS) is 11.8. The molecule has 0 amide bonds. The molecule has 0 aliphatic heterocycles. The van der Waals surface area contributed by atoms with Gasteiger partial charge >= 0.3 is 0 Å². The Kier molecular flexibility index (Phi) is 4.92. The Morgan fingerprint density at radius 2 is 1.79 bits per heavy atom. The van der Waals surface area contributed by atoms with Crippen molar-refractivity contribution < 1.29 is 8.81 Å². The van der Waals surface area contributed by atoms with Crippen molar-refractivity contribution in [2.24, 2.45) is 0 Å². The van der Waals surface area contributed by atoms with Crippen LogP contribution in [0.5, 0.6) is 0 Å². The molecule has 1 aromatic carbocycles. The van der Waals surface area contributed by atoms with E-state index >= 15 is 0 Å². The quantitative estimate of drug-likeness (QED) is 0.509. The van der Waals surface area contributed by atoms with Gasteiger partial charge in [0.15, 0.2) is 12.2 Å². The first-order valence-corrected chi connectivity index (χ1v) is 8.63. The van der Waals surface area contributed by atoms with E-state index in [0.29, 0.717) is 23.2 Å². The highest BCUT2D eigenvalue weighted by Crippen LogP contribution is 2.28. The van der Waals surface area contributed by atoms with Gasteiger partial charge in [-0.2, -0.15) is 0 Å². The van der Waals surface area contributed by atoms with E-state index in [1.54, 1.807) is 36.9 Å². The molecule has 0 unspecified atom stereocenters. The van der Waals surface area contributed by atoms with Gasteiger partial charge < -0.3 is 15.1 Å². The van der Waals surface area contributed by atoms with Crippen molar-refractivity contribution in [3.8, 4) is 11.3 Å². The number of aromatic nitrogens is 4. The number of halogens is 1. The van der Waals surface area contributed by atoms with Gasteiger partial charge in [0.2, 0.25) is 0 Å². The second kappa shape index (κ2) is 7.83. The molecule has 4 rings (SSSR count). The Labute approximate surface area is 160 Å². The van der Waals surface area contributed by atoms with Crippen LogP contribution in [0.3, 0.4) is 0 Å². The summed E-state index contributed by atoms with van der Waals surface area (Å²) in [6, 6.07) is 9.98. The lowest BCUT2D eigenvalue weighted by Gasteiger charge is -2.17. The van der Waals surface area contributed by atoms with Crippen LogP contribution in [0.15, 0.2) is 72.0 Å². The molecule has 8 heteroatoms. The molecule has 2 N–H and O–H groups in total. The van der Waals surface area contributed by atoms with Crippen LogP contribution in [0, 0.1) is 5.82 Å². The molecule has 0 saturated heterocycles. The summed E-state index contributed by atoms with van der Waals surface area (Å²) in [6.45, 7) is 1.98. The number of pyridine rings is 1. The third-order valence-electron chi connectivity index (χ3n) is 4.10. The van der Waals surface area contributed by atoms with E-state index in [1.807, 2.05) is 19.1 Å². The maximum Gasteiger partial charge on any atom is 0.181 e. The summed E-state index contributed by atoms with van der Waals surface area (Å²) in [4.78, 5) is 16.8. The van der Waals surface area contributed by atoms with Crippen molar-refractivity contribution in [2.75, 3.05) is 10.6 Å². The summed E-state index contributed by atoms with van der Waals surface area (Å²) >= 11 is 0. The zero-order valence-corrected chi connectivity index (χ0v) is 15.0. The number of rotatable bonds is 6. The lowest BCUT2D eigenvalue weighted by Crippen LogP contribution is -2.09. The average Bonchev–Trinajstić information content (AvgIpc) is 3.24. The van der Waals surface area contributed by atoms with Crippen molar-refractivity contribution >= 4 is 17.5 Å². The van der Waals surface area contributed by atoms with Crippen molar-refractivity contribution in [1.82, 2.24) is 19.9 Å². The minimum atomic E-state index is -0.267. The number of hydrogen-bond donors (Lipinski definition) is 2. The Balaban J connectivity index is 1.64. The van der Waals surface area contributed by atoms with Crippen molar-refractivity contribution in [3.63, 3.8) is 0 Å². The molecule has 28 heavy (non-hydrogen) atoms. The minimum Gasteiger partial charge on any atom is -0.444 e. The van der Waals surface area contributed by atoms with Gasteiger partial charge in [0, 0.05) is 24.0 Å². The van der Waals surface area contributed by atoms with Crippen molar-refractivity contribution in [1.29, 1.82) is 0 Å². The highest BCUT2D eigenvalue weighted by Gasteiger charge is 2.11. The van der Waals surface area contributed by atoms with Gasteiger partial charge in [-0.25, -0.2) is 19.3 Å². The second-order valence-electron chi connectivity index (χ2n) is 6.13. The van der Waals surface area contributed by atoms with Crippen LogP contribution in [0.4, 0.5) is 21.8 Å². The number of oxazole rings is 1. The van der Waals surface area contributed by atoms with Crippen LogP contribution in [0.2, 0.25) is 0 Å². The van der Waals surface area contributed by atoms with Gasteiger partial charge in [0.25, 0.3) is 0 Å². The second-order valence-corrected chi connectivity index (χ2v) is 6.13. The fourth-order valence-corrected chi connectivity index (χ4v) is 2.72. The van der Waals surface area contributed by atoms with E-state index < -0.39 is 0 Å². The molecule has 0 aliphatic rings. The van der Waals surface area contributed by atoms with E-state index in [4.69, 9.17) is 4.42 Å². The Morgan fingerprint density at radius 1 is 0.964 bits per heavy atom. The van der Waals surface area contributed by atoms with Crippen LogP contribution < -0.4 is 10.6 Å². The maximum absolute atomic E-state index is 13.2. The van der Waals surface area contributed by atoms with Gasteiger partial charge in [-0.3, -0.25) is 4.98 Å². The Morgan fingerprint density at radius 3 is 2.50 bits per heavy atom. The number of benzene rings is 1. The van der Waals surface area contributed by atoms with Crippen LogP contribution >= 0.6 is 0 Å². The first-order chi connectivity index (χ1) is 13.7.